The first-order chi connectivity index (χ1) is 19.3. The summed E-state index contributed by atoms with van der Waals surface area (Å²) in [5, 5.41) is 12.4. The van der Waals surface area contributed by atoms with Crippen LogP contribution in [0.15, 0.2) is 53.6 Å². The fourth-order valence-corrected chi connectivity index (χ4v) is 5.61. The van der Waals surface area contributed by atoms with Gasteiger partial charge in [-0.1, -0.05) is 55.5 Å². The van der Waals surface area contributed by atoms with E-state index in [9.17, 15) is 9.59 Å². The first-order valence-corrected chi connectivity index (χ1v) is 14.2. The van der Waals surface area contributed by atoms with E-state index in [2.05, 4.69) is 15.5 Å². The molecule has 1 saturated heterocycles. The van der Waals surface area contributed by atoms with Gasteiger partial charge in [0.2, 0.25) is 0 Å². The summed E-state index contributed by atoms with van der Waals surface area (Å²) in [6.45, 7) is 5.08. The number of hydrogen-bond acceptors (Lipinski definition) is 7. The van der Waals surface area contributed by atoms with Crippen LogP contribution in [-0.4, -0.2) is 50.6 Å². The highest BCUT2D eigenvalue weighted by molar-refractivity contribution is 6.31. The summed E-state index contributed by atoms with van der Waals surface area (Å²) in [4.78, 5) is 26.6. The Labute approximate surface area is 238 Å². The maximum atomic E-state index is 13.5. The van der Waals surface area contributed by atoms with Crippen molar-refractivity contribution in [3.8, 4) is 5.75 Å². The minimum Gasteiger partial charge on any atom is -0.491 e. The average Bonchev–Trinajstić information content (AvgIpc) is 3.66. The lowest BCUT2D eigenvalue weighted by molar-refractivity contribution is -0.139. The average molecular weight is 570 g/mol. The van der Waals surface area contributed by atoms with Crippen molar-refractivity contribution in [2.75, 3.05) is 18.5 Å². The van der Waals surface area contributed by atoms with Gasteiger partial charge in [0.15, 0.2) is 11.6 Å². The molecule has 11 heteroatoms. The van der Waals surface area contributed by atoms with Gasteiger partial charge in [0.25, 0.3) is 11.5 Å². The smallest absolute Gasteiger partial charge is 0.271 e. The molecule has 40 heavy (non-hydrogen) atoms. The van der Waals surface area contributed by atoms with Gasteiger partial charge in [-0.15, -0.1) is 0 Å². The van der Waals surface area contributed by atoms with Crippen molar-refractivity contribution >= 4 is 23.3 Å². The monoisotopic (exact) mass is 569 g/mol. The molecule has 0 bridgehead atoms. The Morgan fingerprint density at radius 1 is 1.25 bits per heavy atom. The second-order valence-corrected chi connectivity index (χ2v) is 11.3. The Bertz CT molecular complexity index is 1370. The largest absolute Gasteiger partial charge is 0.491 e. The quantitative estimate of drug-likeness (QED) is 0.358. The molecule has 1 amide bonds. The molecular formula is C29H36ClN5O5. The van der Waals surface area contributed by atoms with Crippen LogP contribution in [0.1, 0.15) is 57.6 Å². The van der Waals surface area contributed by atoms with Gasteiger partial charge in [-0.05, 0) is 37.8 Å². The Kier molecular flexibility index (Phi) is 8.87. The Balaban J connectivity index is 1.24. The van der Waals surface area contributed by atoms with Crippen molar-refractivity contribution < 1.29 is 19.0 Å². The molecular weight excluding hydrogens is 534 g/mol. The number of carbonyl (C=O) groups excluding carboxylic acids is 1. The van der Waals surface area contributed by atoms with Crippen molar-refractivity contribution in [2.45, 2.75) is 76.9 Å². The van der Waals surface area contributed by atoms with Crippen LogP contribution in [0.25, 0.3) is 0 Å². The lowest BCUT2D eigenvalue weighted by Gasteiger charge is -2.21. The Morgan fingerprint density at radius 2 is 2.05 bits per heavy atom. The summed E-state index contributed by atoms with van der Waals surface area (Å²) in [7, 11) is 0. The van der Waals surface area contributed by atoms with Gasteiger partial charge in [-0.3, -0.25) is 14.3 Å². The fraction of sp³-hybridized carbons (Fsp3) is 0.517. The second kappa shape index (κ2) is 12.5. The minimum atomic E-state index is -0.759. The molecule has 1 saturated carbocycles. The molecule has 2 aliphatic rings. The van der Waals surface area contributed by atoms with E-state index in [1.807, 2.05) is 38.1 Å². The van der Waals surface area contributed by atoms with Crippen molar-refractivity contribution in [2.24, 2.45) is 5.92 Å². The van der Waals surface area contributed by atoms with E-state index in [1.54, 1.807) is 16.9 Å². The van der Waals surface area contributed by atoms with Gasteiger partial charge in [0.05, 0.1) is 26.0 Å². The molecule has 214 valence electrons. The number of aromatic nitrogens is 4. The van der Waals surface area contributed by atoms with E-state index in [0.29, 0.717) is 55.1 Å². The highest BCUT2D eigenvalue weighted by Gasteiger charge is 2.33. The zero-order chi connectivity index (χ0) is 28.1. The molecule has 0 radical (unpaired) electrons. The molecule has 2 atom stereocenters. The molecule has 0 spiro atoms. The number of nitrogens with one attached hydrogen (secondary N) is 1. The van der Waals surface area contributed by atoms with Crippen LogP contribution in [-0.2, 0) is 27.2 Å². The van der Waals surface area contributed by atoms with Crippen LogP contribution < -0.4 is 15.6 Å². The highest BCUT2D eigenvalue weighted by atomic mass is 35.5. The van der Waals surface area contributed by atoms with Crippen LogP contribution in [0, 0.1) is 5.92 Å². The van der Waals surface area contributed by atoms with E-state index in [-0.39, 0.29) is 17.6 Å². The zero-order valence-electron chi connectivity index (χ0n) is 22.9. The van der Waals surface area contributed by atoms with Crippen LogP contribution in [0.2, 0.25) is 5.02 Å². The van der Waals surface area contributed by atoms with Crippen molar-refractivity contribution in [3.63, 3.8) is 0 Å². The fourth-order valence-electron chi connectivity index (χ4n) is 5.38. The van der Waals surface area contributed by atoms with Crippen LogP contribution in [0.3, 0.4) is 0 Å². The number of halogens is 1. The molecule has 2 aromatic heterocycles. The maximum absolute atomic E-state index is 13.5. The van der Waals surface area contributed by atoms with Gasteiger partial charge in [-0.2, -0.15) is 10.2 Å². The van der Waals surface area contributed by atoms with Crippen molar-refractivity contribution in [1.29, 1.82) is 0 Å². The molecule has 2 unspecified atom stereocenters. The standard InChI is InChI=1S/C29H36ClN5O5/c1-29(2)39-19-23(40-29)18-34-13-11-26(33-34)32-28(37)25(15-20-7-3-4-8-20)35-27(36)16-22(17-31-35)38-14-12-21-9-5-6-10-24(21)30/h5-6,9-11,13,16-17,20,23,25H,3-4,7-8,12,14-15,18-19H2,1-2H3,(H,32,33,37). The summed E-state index contributed by atoms with van der Waals surface area (Å²) < 4.78 is 20.2. The summed E-state index contributed by atoms with van der Waals surface area (Å²) in [5.41, 5.74) is 0.578. The molecule has 1 aliphatic carbocycles. The third-order valence-corrected chi connectivity index (χ3v) is 7.75. The van der Waals surface area contributed by atoms with E-state index < -0.39 is 11.8 Å². The number of ether oxygens (including phenoxy) is 3. The van der Waals surface area contributed by atoms with Gasteiger partial charge in [0, 0.05) is 29.8 Å². The second-order valence-electron chi connectivity index (χ2n) is 10.9. The SMILES string of the molecule is CC1(C)OCC(Cn2ccc(NC(=O)C(CC3CCCC3)n3ncc(OCCc4ccccc4Cl)cc3=O)n2)O1. The molecule has 1 N–H and O–H groups in total. The Hall–Kier alpha value is -3.21. The van der Waals surface area contributed by atoms with Crippen LogP contribution in [0.4, 0.5) is 5.82 Å². The van der Waals surface area contributed by atoms with Gasteiger partial charge in [-0.25, -0.2) is 4.68 Å². The number of amides is 1. The summed E-state index contributed by atoms with van der Waals surface area (Å²) in [6, 6.07) is 9.93. The predicted octanol–water partition coefficient (Wildman–Crippen LogP) is 4.63. The molecule has 3 heterocycles. The lowest BCUT2D eigenvalue weighted by atomic mass is 9.98. The number of benzene rings is 1. The van der Waals surface area contributed by atoms with Crippen molar-refractivity contribution in [1.82, 2.24) is 19.6 Å². The van der Waals surface area contributed by atoms with Crippen LogP contribution in [0.5, 0.6) is 5.75 Å². The highest BCUT2D eigenvalue weighted by Crippen LogP contribution is 2.32. The molecule has 10 nitrogen and oxygen atoms in total. The zero-order valence-corrected chi connectivity index (χ0v) is 23.7. The predicted molar refractivity (Wildman–Crippen MR) is 151 cm³/mol. The van der Waals surface area contributed by atoms with Crippen molar-refractivity contribution in [3.05, 3.63) is 69.7 Å². The van der Waals surface area contributed by atoms with E-state index >= 15 is 0 Å². The number of nitrogens with zero attached hydrogens (tertiary/aromatic N) is 4. The number of carbonyl (C=O) groups is 1. The number of hydrogen-bond donors (Lipinski definition) is 1. The van der Waals surface area contributed by atoms with E-state index in [1.165, 1.54) is 16.9 Å². The van der Waals surface area contributed by atoms with Gasteiger partial charge in [0.1, 0.15) is 17.9 Å². The molecule has 3 aromatic rings. The molecule has 5 rings (SSSR count). The number of anilines is 1. The third kappa shape index (κ3) is 7.30. The first kappa shape index (κ1) is 28.3. The molecule has 1 aromatic carbocycles. The summed E-state index contributed by atoms with van der Waals surface area (Å²) >= 11 is 6.22. The first-order valence-electron chi connectivity index (χ1n) is 13.9. The summed E-state index contributed by atoms with van der Waals surface area (Å²) in [5.74, 6) is 0.191. The van der Waals surface area contributed by atoms with Gasteiger partial charge >= 0.3 is 0 Å². The Morgan fingerprint density at radius 3 is 2.77 bits per heavy atom. The summed E-state index contributed by atoms with van der Waals surface area (Å²) in [6.07, 6.45) is 8.63. The normalized spacial score (nSPS) is 19.5. The molecule has 1 aliphatic heterocycles. The van der Waals surface area contributed by atoms with E-state index in [0.717, 1.165) is 31.2 Å². The molecule has 2 fully saturated rings. The van der Waals surface area contributed by atoms with Gasteiger partial charge < -0.3 is 19.5 Å². The third-order valence-electron chi connectivity index (χ3n) is 7.38. The maximum Gasteiger partial charge on any atom is 0.271 e. The van der Waals surface area contributed by atoms with Crippen LogP contribution >= 0.6 is 11.6 Å². The number of rotatable bonds is 11. The van der Waals surface area contributed by atoms with E-state index in [4.69, 9.17) is 25.8 Å². The lowest BCUT2D eigenvalue weighted by Crippen LogP contribution is -2.36. The topological polar surface area (TPSA) is 110 Å². The minimum absolute atomic E-state index is 0.123.